The van der Waals surface area contributed by atoms with Crippen LogP contribution in [0.15, 0.2) is 24.3 Å². The number of methoxy groups -OCH3 is 2. The summed E-state index contributed by atoms with van der Waals surface area (Å²) in [6.07, 6.45) is 0.103. The molecule has 0 aliphatic heterocycles. The van der Waals surface area contributed by atoms with Gasteiger partial charge in [0.05, 0.1) is 20.3 Å². The zero-order chi connectivity index (χ0) is 17.9. The highest BCUT2D eigenvalue weighted by atomic mass is 19.1. The molecule has 0 saturated carbocycles. The van der Waals surface area contributed by atoms with E-state index >= 15 is 0 Å². The summed E-state index contributed by atoms with van der Waals surface area (Å²) in [6, 6.07) is 4.66. The van der Waals surface area contributed by atoms with E-state index in [1.54, 1.807) is 0 Å². The van der Waals surface area contributed by atoms with Gasteiger partial charge in [-0.1, -0.05) is 6.07 Å². The topological polar surface area (TPSA) is 73.6 Å². The van der Waals surface area contributed by atoms with Crippen molar-refractivity contribution < 1.29 is 28.2 Å². The van der Waals surface area contributed by atoms with Gasteiger partial charge in [0.1, 0.15) is 11.6 Å². The Hall–Kier alpha value is -2.64. The third kappa shape index (κ3) is 3.32. The summed E-state index contributed by atoms with van der Waals surface area (Å²) in [5.41, 5.74) is -1.27. The molecule has 130 valence electrons. The van der Waals surface area contributed by atoms with Crippen molar-refractivity contribution in [1.82, 2.24) is 9.78 Å². The highest BCUT2D eigenvalue weighted by molar-refractivity contribution is 5.76. The lowest BCUT2D eigenvalue weighted by Crippen LogP contribution is -2.40. The maximum Gasteiger partial charge on any atom is 0.331 e. The van der Waals surface area contributed by atoms with Crippen molar-refractivity contribution in [3.05, 3.63) is 41.5 Å². The Morgan fingerprint density at radius 1 is 1.29 bits per heavy atom. The first-order valence-electron chi connectivity index (χ1n) is 7.17. The van der Waals surface area contributed by atoms with Crippen LogP contribution in [0, 0.1) is 11.6 Å². The van der Waals surface area contributed by atoms with Gasteiger partial charge < -0.3 is 14.6 Å². The van der Waals surface area contributed by atoms with Gasteiger partial charge in [0.2, 0.25) is 11.8 Å². The molecule has 0 saturated heterocycles. The second-order valence-electron chi connectivity index (χ2n) is 5.46. The summed E-state index contributed by atoms with van der Waals surface area (Å²) in [6.45, 7) is 1.45. The van der Waals surface area contributed by atoms with Crippen molar-refractivity contribution in [1.29, 1.82) is 0 Å². The number of ether oxygens (including phenoxy) is 2. The minimum absolute atomic E-state index is 0.0199. The molecule has 2 rings (SSSR count). The molecule has 0 radical (unpaired) electrons. The van der Waals surface area contributed by atoms with E-state index in [0.717, 1.165) is 12.1 Å². The van der Waals surface area contributed by atoms with Crippen LogP contribution >= 0.6 is 0 Å². The minimum atomic E-state index is -1.50. The molecular weight excluding hydrogens is 322 g/mol. The fourth-order valence-corrected chi connectivity index (χ4v) is 2.35. The minimum Gasteiger partial charge on any atom is -0.481 e. The maximum absolute atomic E-state index is 13.8. The average molecular weight is 340 g/mol. The monoisotopic (exact) mass is 340 g/mol. The molecular formula is C16H18F2N2O4. The van der Waals surface area contributed by atoms with Gasteiger partial charge in [-0.3, -0.25) is 0 Å². The molecule has 8 heteroatoms. The Morgan fingerprint density at radius 3 is 2.54 bits per heavy atom. The molecule has 1 atom stereocenters. The lowest BCUT2D eigenvalue weighted by molar-refractivity contribution is -0.147. The summed E-state index contributed by atoms with van der Waals surface area (Å²) >= 11 is 0. The molecule has 1 aromatic heterocycles. The van der Waals surface area contributed by atoms with E-state index in [-0.39, 0.29) is 30.2 Å². The predicted molar refractivity (Wildman–Crippen MR) is 81.3 cm³/mol. The van der Waals surface area contributed by atoms with E-state index < -0.39 is 23.1 Å². The third-order valence-electron chi connectivity index (χ3n) is 3.90. The van der Waals surface area contributed by atoms with Gasteiger partial charge in [-0.05, 0) is 31.4 Å². The number of aromatic nitrogens is 2. The Kier molecular flexibility index (Phi) is 5.06. The summed E-state index contributed by atoms with van der Waals surface area (Å²) in [7, 11) is 2.78. The second-order valence-corrected chi connectivity index (χ2v) is 5.46. The van der Waals surface area contributed by atoms with Gasteiger partial charge >= 0.3 is 5.97 Å². The molecule has 6 nitrogen and oxygen atoms in total. The molecule has 0 spiro atoms. The second kappa shape index (κ2) is 6.86. The largest absolute Gasteiger partial charge is 0.481 e. The van der Waals surface area contributed by atoms with Crippen LogP contribution in [0.3, 0.4) is 0 Å². The van der Waals surface area contributed by atoms with Crippen molar-refractivity contribution in [2.24, 2.45) is 0 Å². The van der Waals surface area contributed by atoms with Crippen molar-refractivity contribution in [3.8, 4) is 11.8 Å². The number of carboxylic acid groups (broad SMARTS) is 1. The molecule has 0 aliphatic carbocycles. The molecule has 0 fully saturated rings. The molecule has 0 aliphatic rings. The van der Waals surface area contributed by atoms with Crippen LogP contribution in [-0.4, -0.2) is 35.1 Å². The van der Waals surface area contributed by atoms with Gasteiger partial charge in [-0.2, -0.15) is 0 Å². The Balaban J connectivity index is 2.34. The zero-order valence-electron chi connectivity index (χ0n) is 13.5. The van der Waals surface area contributed by atoms with Gasteiger partial charge in [0.15, 0.2) is 5.54 Å². The lowest BCUT2D eigenvalue weighted by Gasteiger charge is -2.26. The van der Waals surface area contributed by atoms with E-state index in [1.807, 2.05) is 0 Å². The number of hydrogen-bond acceptors (Lipinski definition) is 4. The average Bonchev–Trinajstić information content (AvgIpc) is 2.97. The standard InChI is InChI=1S/C16H18F2N2O4/c1-16(15(21)22,20-14(24-3)9-13(19-20)23-2)7-6-10-4-5-11(17)8-12(10)18/h4-5,8-9H,6-7H2,1-3H3,(H,21,22). The van der Waals surface area contributed by atoms with Crippen LogP contribution < -0.4 is 9.47 Å². The van der Waals surface area contributed by atoms with Crippen LogP contribution in [0.25, 0.3) is 0 Å². The van der Waals surface area contributed by atoms with Crippen molar-refractivity contribution >= 4 is 5.97 Å². The van der Waals surface area contributed by atoms with E-state index in [1.165, 1.54) is 38.0 Å². The van der Waals surface area contributed by atoms with E-state index in [0.29, 0.717) is 0 Å². The Labute approximate surface area is 137 Å². The predicted octanol–water partition coefficient (Wildman–Crippen LogP) is 2.61. The van der Waals surface area contributed by atoms with Gasteiger partial charge in [-0.15, -0.1) is 5.10 Å². The van der Waals surface area contributed by atoms with Crippen LogP contribution in [0.1, 0.15) is 18.9 Å². The van der Waals surface area contributed by atoms with Gasteiger partial charge in [-0.25, -0.2) is 18.3 Å². The normalized spacial score (nSPS) is 13.4. The number of halogens is 2. The zero-order valence-corrected chi connectivity index (χ0v) is 13.5. The number of hydrogen-bond donors (Lipinski definition) is 1. The number of aryl methyl sites for hydroxylation is 1. The Bertz CT molecular complexity index is 748. The van der Waals surface area contributed by atoms with Crippen LogP contribution in [0.5, 0.6) is 11.8 Å². The van der Waals surface area contributed by atoms with Crippen LogP contribution in [0.4, 0.5) is 8.78 Å². The smallest absolute Gasteiger partial charge is 0.331 e. The number of nitrogens with zero attached hydrogens (tertiary/aromatic N) is 2. The first-order chi connectivity index (χ1) is 11.3. The van der Waals surface area contributed by atoms with E-state index in [2.05, 4.69) is 5.10 Å². The van der Waals surface area contributed by atoms with E-state index in [4.69, 9.17) is 9.47 Å². The third-order valence-corrected chi connectivity index (χ3v) is 3.90. The SMILES string of the molecule is COc1cc(OC)n(C(C)(CCc2ccc(F)cc2F)C(=O)O)n1. The first kappa shape index (κ1) is 17.7. The van der Waals surface area contributed by atoms with Crippen LogP contribution in [0.2, 0.25) is 0 Å². The number of benzene rings is 1. The lowest BCUT2D eigenvalue weighted by atomic mass is 9.93. The van der Waals surface area contributed by atoms with E-state index in [9.17, 15) is 18.7 Å². The summed E-state index contributed by atoms with van der Waals surface area (Å²) in [5, 5.41) is 13.7. The van der Waals surface area contributed by atoms with Crippen molar-refractivity contribution in [2.45, 2.75) is 25.3 Å². The maximum atomic E-state index is 13.8. The molecule has 1 N–H and O–H groups in total. The molecule has 1 unspecified atom stereocenters. The molecule has 1 aromatic carbocycles. The summed E-state index contributed by atoms with van der Waals surface area (Å²) in [5.74, 6) is -2.15. The van der Waals surface area contributed by atoms with Crippen molar-refractivity contribution in [3.63, 3.8) is 0 Å². The molecule has 0 bridgehead atoms. The van der Waals surface area contributed by atoms with Gasteiger partial charge in [0, 0.05) is 6.07 Å². The molecule has 24 heavy (non-hydrogen) atoms. The molecule has 2 aromatic rings. The first-order valence-corrected chi connectivity index (χ1v) is 7.17. The highest BCUT2D eigenvalue weighted by Gasteiger charge is 2.39. The molecule has 1 heterocycles. The van der Waals surface area contributed by atoms with Crippen LogP contribution in [-0.2, 0) is 16.8 Å². The Morgan fingerprint density at radius 2 is 2.00 bits per heavy atom. The fourth-order valence-electron chi connectivity index (χ4n) is 2.35. The van der Waals surface area contributed by atoms with Gasteiger partial charge in [0.25, 0.3) is 0 Å². The fraction of sp³-hybridized carbons (Fsp3) is 0.375. The summed E-state index contributed by atoms with van der Waals surface area (Å²) < 4.78 is 38.1. The summed E-state index contributed by atoms with van der Waals surface area (Å²) in [4.78, 5) is 11.8. The quantitative estimate of drug-likeness (QED) is 0.839. The van der Waals surface area contributed by atoms with Crippen molar-refractivity contribution in [2.75, 3.05) is 14.2 Å². The number of aliphatic carboxylic acids is 1. The number of rotatable bonds is 7. The number of carboxylic acids is 1. The molecule has 0 amide bonds. The number of carbonyl (C=O) groups is 1. The highest BCUT2D eigenvalue weighted by Crippen LogP contribution is 2.31.